The van der Waals surface area contributed by atoms with Crippen molar-refractivity contribution in [3.8, 4) is 5.95 Å². The van der Waals surface area contributed by atoms with Crippen molar-refractivity contribution in [2.75, 3.05) is 43.5 Å². The Bertz CT molecular complexity index is 2550. The van der Waals surface area contributed by atoms with E-state index in [1.54, 1.807) is 10.0 Å². The second-order valence-corrected chi connectivity index (χ2v) is 12.4. The number of aliphatic hydroxyl groups is 2. The molecule has 0 aromatic carbocycles. The zero-order valence-corrected chi connectivity index (χ0v) is 34.3. The zero-order chi connectivity index (χ0) is 44.7. The highest BCUT2D eigenvalue weighted by molar-refractivity contribution is 5.49. The summed E-state index contributed by atoms with van der Waals surface area (Å²) < 4.78 is 2.74. The van der Waals surface area contributed by atoms with Crippen LogP contribution in [0, 0.1) is 0 Å². The molecule has 1 aliphatic heterocycles. The molecule has 8 rings (SSSR count). The minimum atomic E-state index is -0.591. The molecule has 0 radical (unpaired) electrons. The number of nitrogens with one attached hydrogen (secondary N) is 6. The standard InChI is InChI=1S/C15H25N17.C13H13N17O2/c1-5-31(6-2)29-27-13-16-10(19-23-13)9-11-20-24-14(25-21-11)17-12-18-15(26-22-12)28-30-32(7-3)8-4;31-3-6-2-14-28-30(6)13-18-11(24-27-13)17-12-25-20-8(21-26-12)1-7-16-9(22-19-7)10-23-15-4-29(10)5-32/h5-9H2,1-4H3,(H,16,19,23)(H2,17,18,22,24,25,26);2,4,10,23,31-32H,1,3,5H2,(H,16,19,22)/p+1. The van der Waals surface area contributed by atoms with Gasteiger partial charge >= 0.3 is 6.34 Å². The van der Waals surface area contributed by atoms with Crippen LogP contribution >= 0.6 is 0 Å². The van der Waals surface area contributed by atoms with Crippen LogP contribution in [0.25, 0.3) is 5.95 Å². The Hall–Kier alpha value is -8.83. The number of aliphatic hydroxyl groups excluding tert-OH is 2. The lowest BCUT2D eigenvalue weighted by atomic mass is 10.4. The van der Waals surface area contributed by atoms with E-state index in [1.807, 2.05) is 27.7 Å². The van der Waals surface area contributed by atoms with E-state index in [2.05, 4.69) is 153 Å². The molecule has 1 aliphatic rings. The van der Waals surface area contributed by atoms with Gasteiger partial charge in [0.2, 0.25) is 11.8 Å². The van der Waals surface area contributed by atoms with E-state index in [0.717, 1.165) is 26.2 Å². The lowest BCUT2D eigenvalue weighted by Crippen LogP contribution is -2.17. The number of aromatic amines is 4. The van der Waals surface area contributed by atoms with E-state index in [1.165, 1.54) is 21.8 Å². The molecule has 0 fully saturated rings. The van der Waals surface area contributed by atoms with Crippen LogP contribution in [0.4, 0.5) is 35.7 Å². The maximum atomic E-state index is 9.28. The van der Waals surface area contributed by atoms with Gasteiger partial charge in [0, 0.05) is 26.2 Å². The second-order valence-electron chi connectivity index (χ2n) is 12.4. The van der Waals surface area contributed by atoms with Crippen molar-refractivity contribution >= 4 is 42.0 Å². The monoisotopic (exact) mass is 883 g/mol. The highest BCUT2D eigenvalue weighted by Crippen LogP contribution is 2.18. The summed E-state index contributed by atoms with van der Waals surface area (Å²) in [7, 11) is 0. The van der Waals surface area contributed by atoms with Crippen molar-refractivity contribution in [1.82, 2.24) is 127 Å². The van der Waals surface area contributed by atoms with Crippen molar-refractivity contribution in [3.05, 3.63) is 41.0 Å². The molecule has 1 unspecified atom stereocenters. The number of anilines is 4. The zero-order valence-electron chi connectivity index (χ0n) is 34.3. The van der Waals surface area contributed by atoms with Crippen LogP contribution in [0.15, 0.2) is 37.1 Å². The van der Waals surface area contributed by atoms with E-state index in [9.17, 15) is 10.2 Å². The average Bonchev–Trinajstić information content (AvgIpc) is 4.19. The summed E-state index contributed by atoms with van der Waals surface area (Å²) in [5.41, 5.74) is 0.424. The Morgan fingerprint density at radius 1 is 0.703 bits per heavy atom. The summed E-state index contributed by atoms with van der Waals surface area (Å²) in [6.45, 7) is 10.4. The summed E-state index contributed by atoms with van der Waals surface area (Å²) >= 11 is 0. The van der Waals surface area contributed by atoms with Gasteiger partial charge in [-0.25, -0.2) is 19.8 Å². The molecule has 0 amide bonds. The predicted molar refractivity (Wildman–Crippen MR) is 210 cm³/mol. The van der Waals surface area contributed by atoms with E-state index in [0.29, 0.717) is 34.8 Å². The van der Waals surface area contributed by atoms with Crippen molar-refractivity contribution in [1.29, 1.82) is 0 Å². The number of hydrogen-bond acceptors (Lipinski definition) is 28. The first-order valence-electron chi connectivity index (χ1n) is 19.1. The molecule has 36 heteroatoms. The lowest BCUT2D eigenvalue weighted by molar-refractivity contribution is -0.596. The van der Waals surface area contributed by atoms with Crippen LogP contribution in [-0.2, 0) is 19.4 Å². The van der Waals surface area contributed by atoms with E-state index in [-0.39, 0.29) is 67.8 Å². The molecule has 0 bridgehead atoms. The number of azo groups is 1. The molecule has 8 N–H and O–H groups in total. The Kier molecular flexibility index (Phi) is 14.3. The summed E-state index contributed by atoms with van der Waals surface area (Å²) in [6.07, 6.45) is 2.66. The highest BCUT2D eigenvalue weighted by atomic mass is 16.3. The van der Waals surface area contributed by atoms with Gasteiger partial charge < -0.3 is 10.2 Å². The van der Waals surface area contributed by atoms with Crippen molar-refractivity contribution < 1.29 is 14.8 Å². The summed E-state index contributed by atoms with van der Waals surface area (Å²) in [6, 6.07) is 0. The highest BCUT2D eigenvalue weighted by Gasteiger charge is 2.29. The van der Waals surface area contributed by atoms with Gasteiger partial charge in [-0.1, -0.05) is 25.9 Å². The van der Waals surface area contributed by atoms with Crippen LogP contribution in [0.3, 0.4) is 0 Å². The molecule has 0 spiro atoms. The molecular formula is C28H39N34O2+. The van der Waals surface area contributed by atoms with Gasteiger partial charge in [-0.2, -0.15) is 24.7 Å². The van der Waals surface area contributed by atoms with Gasteiger partial charge in [0.1, 0.15) is 11.6 Å². The minimum absolute atomic E-state index is 0.0798. The molecule has 0 aliphatic carbocycles. The van der Waals surface area contributed by atoms with Gasteiger partial charge in [0.05, 0.1) is 36.5 Å². The summed E-state index contributed by atoms with van der Waals surface area (Å²) in [4.78, 5) is 16.9. The van der Waals surface area contributed by atoms with Crippen LogP contribution in [0.1, 0.15) is 68.7 Å². The molecule has 7 aromatic heterocycles. The fourth-order valence-electron chi connectivity index (χ4n) is 4.96. The first-order chi connectivity index (χ1) is 31.4. The molecule has 0 saturated heterocycles. The molecule has 7 aromatic rings. The van der Waals surface area contributed by atoms with E-state index in [4.69, 9.17) is 0 Å². The Balaban J connectivity index is 0.000000191. The lowest BCUT2D eigenvalue weighted by Gasteiger charge is -2.10. The van der Waals surface area contributed by atoms with Gasteiger partial charge in [-0.05, 0) is 32.8 Å². The van der Waals surface area contributed by atoms with Crippen molar-refractivity contribution in [2.45, 2.75) is 53.3 Å². The molecule has 332 valence electrons. The SMILES string of the molecule is CCN(CC)N=Nc1n[nH]c(Cc2nnc(Nc3n[nH]c(N=NN(CC)CC)n3)nn2)n1.OCc1cnnn1-c1n[nH]c(Nc2nnc(Cc3nc(C4N=NC=[N+]4CO)n[nH]3)nn2)n1. The number of H-pyrrole nitrogens is 4. The maximum absolute atomic E-state index is 9.28. The third-order valence-electron chi connectivity index (χ3n) is 8.20. The molecule has 8 heterocycles. The molecular weight excluding hydrogens is 845 g/mol. The fraction of sp³-hybridized carbons (Fsp3) is 0.464. The number of hydrogen-bond donors (Lipinski definition) is 8. The predicted octanol–water partition coefficient (Wildman–Crippen LogP) is -1.12. The summed E-state index contributed by atoms with van der Waals surface area (Å²) in [5, 5.41) is 118. The van der Waals surface area contributed by atoms with Gasteiger partial charge in [-0.3, -0.25) is 30.8 Å². The first kappa shape index (κ1) is 43.3. The van der Waals surface area contributed by atoms with Gasteiger partial charge in [0.25, 0.3) is 41.9 Å². The minimum Gasteiger partial charge on any atom is -0.390 e. The van der Waals surface area contributed by atoms with E-state index < -0.39 is 6.17 Å². The Labute approximate surface area is 357 Å². The number of nitrogens with zero attached hydrogens (tertiary/aromatic N) is 28. The number of rotatable bonds is 20. The second kappa shape index (κ2) is 21.1. The Morgan fingerprint density at radius 2 is 1.36 bits per heavy atom. The normalized spacial score (nSPS) is 13.4. The largest absolute Gasteiger partial charge is 0.390 e. The number of aromatic nitrogens is 23. The topological polar surface area (TPSA) is 448 Å². The molecule has 0 saturated carbocycles. The third-order valence-corrected chi connectivity index (χ3v) is 8.20. The van der Waals surface area contributed by atoms with Crippen LogP contribution in [0.2, 0.25) is 0 Å². The maximum Gasteiger partial charge on any atom is 0.313 e. The van der Waals surface area contributed by atoms with Gasteiger partial charge in [0.15, 0.2) is 18.4 Å². The molecule has 36 nitrogen and oxygen atoms in total. The van der Waals surface area contributed by atoms with Crippen LogP contribution < -0.4 is 10.6 Å². The third kappa shape index (κ3) is 11.3. The van der Waals surface area contributed by atoms with Gasteiger partial charge in [-0.15, -0.1) is 61.2 Å². The average molecular weight is 884 g/mol. The Morgan fingerprint density at radius 3 is 2.03 bits per heavy atom. The van der Waals surface area contributed by atoms with Crippen LogP contribution in [-0.4, -0.2) is 181 Å². The van der Waals surface area contributed by atoms with Crippen LogP contribution in [0.5, 0.6) is 0 Å². The van der Waals surface area contributed by atoms with Crippen molar-refractivity contribution in [2.24, 2.45) is 30.9 Å². The van der Waals surface area contributed by atoms with E-state index >= 15 is 0 Å². The fourth-order valence-corrected chi connectivity index (χ4v) is 4.96. The van der Waals surface area contributed by atoms with Crippen molar-refractivity contribution in [3.63, 3.8) is 0 Å². The summed E-state index contributed by atoms with van der Waals surface area (Å²) in [5.74, 6) is 3.27. The first-order valence-corrected chi connectivity index (χ1v) is 19.1. The smallest absolute Gasteiger partial charge is 0.313 e. The molecule has 1 atom stereocenters. The molecule has 64 heavy (non-hydrogen) atoms. The quantitative estimate of drug-likeness (QED) is 0.0255.